The minimum atomic E-state index is 0.217. The fraction of sp³-hybridized carbons (Fsp3) is 0.375. The summed E-state index contributed by atoms with van der Waals surface area (Å²) in [7, 11) is 0. The quantitative estimate of drug-likeness (QED) is 0.783. The zero-order valence-corrected chi connectivity index (χ0v) is 13.4. The number of aromatic nitrogens is 4. The highest BCUT2D eigenvalue weighted by Gasteiger charge is 2.25. The third kappa shape index (κ3) is 2.33. The van der Waals surface area contributed by atoms with Crippen LogP contribution in [0.4, 0.5) is 5.82 Å². The van der Waals surface area contributed by atoms with Crippen molar-refractivity contribution in [3.63, 3.8) is 0 Å². The number of nitrogens with one attached hydrogen (secondary N) is 1. The lowest BCUT2D eigenvalue weighted by atomic mass is 9.97. The molecular weight excluding hydrogens is 294 g/mol. The molecular formula is C16H17N5S. The largest absolute Gasteiger partial charge is 0.360 e. The van der Waals surface area contributed by atoms with Gasteiger partial charge in [0.2, 0.25) is 0 Å². The van der Waals surface area contributed by atoms with E-state index in [0.717, 1.165) is 40.4 Å². The van der Waals surface area contributed by atoms with Gasteiger partial charge in [0, 0.05) is 10.6 Å². The van der Waals surface area contributed by atoms with Gasteiger partial charge in [0.15, 0.2) is 5.82 Å². The highest BCUT2D eigenvalue weighted by molar-refractivity contribution is 7.11. The smallest absolute Gasteiger partial charge is 0.156 e. The summed E-state index contributed by atoms with van der Waals surface area (Å²) in [5, 5.41) is 4.69. The predicted octanol–water partition coefficient (Wildman–Crippen LogP) is 3.59. The van der Waals surface area contributed by atoms with Crippen LogP contribution in [0.5, 0.6) is 0 Å². The summed E-state index contributed by atoms with van der Waals surface area (Å²) in [4.78, 5) is 19.4. The molecule has 1 N–H and O–H groups in total. The van der Waals surface area contributed by atoms with Crippen molar-refractivity contribution in [3.05, 3.63) is 39.7 Å². The molecule has 0 aromatic carbocycles. The van der Waals surface area contributed by atoms with Crippen LogP contribution in [0.3, 0.4) is 0 Å². The lowest BCUT2D eigenvalue weighted by molar-refractivity contribution is 0.592. The Morgan fingerprint density at radius 1 is 1.18 bits per heavy atom. The number of pyridine rings is 1. The summed E-state index contributed by atoms with van der Waals surface area (Å²) in [6.07, 6.45) is 4.99. The number of hydrogen-bond acceptors (Lipinski definition) is 6. The molecule has 3 aromatic heterocycles. The molecule has 1 aliphatic rings. The molecule has 0 aliphatic heterocycles. The van der Waals surface area contributed by atoms with Gasteiger partial charge in [-0.2, -0.15) is 0 Å². The molecule has 4 rings (SSSR count). The van der Waals surface area contributed by atoms with Crippen LogP contribution in [0.1, 0.15) is 40.2 Å². The number of nitrogens with zero attached hydrogens (tertiary/aromatic N) is 4. The highest BCUT2D eigenvalue weighted by Crippen LogP contribution is 2.35. The van der Waals surface area contributed by atoms with Gasteiger partial charge >= 0.3 is 0 Å². The maximum absolute atomic E-state index is 4.72. The second-order valence-corrected chi connectivity index (χ2v) is 6.96. The Balaban J connectivity index is 1.74. The molecule has 3 aromatic rings. The number of rotatable bonds is 2. The van der Waals surface area contributed by atoms with E-state index in [4.69, 9.17) is 4.98 Å². The standard InChI is InChI=1S/C16H17N5S/c1-9-6-7-11-15(19-9)16(18-8-17-11)21-12-4-3-5-13-14(12)20-10(2)22-13/h6-8,12H,3-5H2,1-2H3,(H,17,18,21). The molecule has 0 radical (unpaired) electrons. The molecule has 5 nitrogen and oxygen atoms in total. The molecule has 0 saturated carbocycles. The first-order valence-corrected chi connectivity index (χ1v) is 8.33. The van der Waals surface area contributed by atoms with Crippen molar-refractivity contribution in [2.24, 2.45) is 0 Å². The molecule has 112 valence electrons. The average Bonchev–Trinajstić information content (AvgIpc) is 2.89. The van der Waals surface area contributed by atoms with Crippen LogP contribution in [-0.4, -0.2) is 19.9 Å². The van der Waals surface area contributed by atoms with Crippen LogP contribution in [0.2, 0.25) is 0 Å². The molecule has 0 bridgehead atoms. The van der Waals surface area contributed by atoms with E-state index in [9.17, 15) is 0 Å². The molecule has 22 heavy (non-hydrogen) atoms. The van der Waals surface area contributed by atoms with Gasteiger partial charge in [0.05, 0.1) is 22.3 Å². The Morgan fingerprint density at radius 2 is 2.09 bits per heavy atom. The van der Waals surface area contributed by atoms with Gasteiger partial charge in [-0.05, 0) is 45.2 Å². The van der Waals surface area contributed by atoms with Gasteiger partial charge < -0.3 is 5.32 Å². The highest BCUT2D eigenvalue weighted by atomic mass is 32.1. The van der Waals surface area contributed by atoms with Crippen LogP contribution >= 0.6 is 11.3 Å². The Labute approximate surface area is 132 Å². The molecule has 0 spiro atoms. The molecule has 6 heteroatoms. The fourth-order valence-electron chi connectivity index (χ4n) is 2.99. The first kappa shape index (κ1) is 13.6. The van der Waals surface area contributed by atoms with Crippen LogP contribution in [0.25, 0.3) is 11.0 Å². The SMILES string of the molecule is Cc1ccc2ncnc(NC3CCCc4sc(C)nc43)c2n1. The van der Waals surface area contributed by atoms with E-state index in [1.807, 2.05) is 30.4 Å². The van der Waals surface area contributed by atoms with E-state index < -0.39 is 0 Å². The lowest BCUT2D eigenvalue weighted by Gasteiger charge is -2.23. The monoisotopic (exact) mass is 311 g/mol. The molecule has 3 heterocycles. The Kier molecular flexibility index (Phi) is 3.26. The number of fused-ring (bicyclic) bond motifs is 2. The topological polar surface area (TPSA) is 63.6 Å². The number of hydrogen-bond donors (Lipinski definition) is 1. The molecule has 0 saturated heterocycles. The summed E-state index contributed by atoms with van der Waals surface area (Å²) in [5.41, 5.74) is 3.86. The van der Waals surface area contributed by atoms with Crippen molar-refractivity contribution in [1.29, 1.82) is 0 Å². The van der Waals surface area contributed by atoms with E-state index in [2.05, 4.69) is 27.2 Å². The first-order chi connectivity index (χ1) is 10.7. The van der Waals surface area contributed by atoms with E-state index >= 15 is 0 Å². The summed E-state index contributed by atoms with van der Waals surface area (Å²) in [6, 6.07) is 4.18. The number of thiazole rings is 1. The Hall–Kier alpha value is -2.08. The maximum Gasteiger partial charge on any atom is 0.156 e. The van der Waals surface area contributed by atoms with Gasteiger partial charge in [-0.1, -0.05) is 0 Å². The number of anilines is 1. The summed E-state index contributed by atoms with van der Waals surface area (Å²) >= 11 is 1.81. The van der Waals surface area contributed by atoms with Crippen molar-refractivity contribution in [3.8, 4) is 0 Å². The van der Waals surface area contributed by atoms with Crippen molar-refractivity contribution < 1.29 is 0 Å². The zero-order chi connectivity index (χ0) is 15.1. The van der Waals surface area contributed by atoms with E-state index in [1.54, 1.807) is 6.33 Å². The molecule has 1 aliphatic carbocycles. The third-order valence-corrected chi connectivity index (χ3v) is 5.04. The van der Waals surface area contributed by atoms with Gasteiger partial charge in [-0.25, -0.2) is 19.9 Å². The molecule has 1 unspecified atom stereocenters. The van der Waals surface area contributed by atoms with Crippen LogP contribution in [0.15, 0.2) is 18.5 Å². The summed E-state index contributed by atoms with van der Waals surface area (Å²) in [5.74, 6) is 0.803. The summed E-state index contributed by atoms with van der Waals surface area (Å²) in [6.45, 7) is 4.06. The van der Waals surface area contributed by atoms with Crippen molar-refractivity contribution in [2.75, 3.05) is 5.32 Å². The minimum Gasteiger partial charge on any atom is -0.360 e. The van der Waals surface area contributed by atoms with Gasteiger partial charge in [-0.15, -0.1) is 11.3 Å². The first-order valence-electron chi connectivity index (χ1n) is 7.52. The van der Waals surface area contributed by atoms with Gasteiger partial charge in [0.1, 0.15) is 11.8 Å². The summed E-state index contributed by atoms with van der Waals surface area (Å²) < 4.78 is 0. The van der Waals surface area contributed by atoms with Gasteiger partial charge in [0.25, 0.3) is 0 Å². The molecule has 1 atom stereocenters. The fourth-order valence-corrected chi connectivity index (χ4v) is 4.03. The molecule has 0 amide bonds. The number of aryl methyl sites for hydroxylation is 3. The average molecular weight is 311 g/mol. The molecule has 0 fully saturated rings. The zero-order valence-electron chi connectivity index (χ0n) is 12.6. The Bertz CT molecular complexity index is 842. The van der Waals surface area contributed by atoms with Crippen molar-refractivity contribution in [2.45, 2.75) is 39.2 Å². The van der Waals surface area contributed by atoms with Crippen molar-refractivity contribution in [1.82, 2.24) is 19.9 Å². The van der Waals surface area contributed by atoms with Crippen LogP contribution in [-0.2, 0) is 6.42 Å². The lowest BCUT2D eigenvalue weighted by Crippen LogP contribution is -2.18. The predicted molar refractivity (Wildman–Crippen MR) is 88.2 cm³/mol. The van der Waals surface area contributed by atoms with E-state index in [1.165, 1.54) is 17.0 Å². The van der Waals surface area contributed by atoms with E-state index in [-0.39, 0.29) is 6.04 Å². The normalized spacial score (nSPS) is 17.5. The van der Waals surface area contributed by atoms with Crippen molar-refractivity contribution >= 4 is 28.2 Å². The van der Waals surface area contributed by atoms with Gasteiger partial charge in [-0.3, -0.25) is 0 Å². The minimum absolute atomic E-state index is 0.217. The second kappa shape index (κ2) is 5.28. The second-order valence-electron chi connectivity index (χ2n) is 5.67. The maximum atomic E-state index is 4.72. The Morgan fingerprint density at radius 3 is 3.00 bits per heavy atom. The third-order valence-electron chi connectivity index (χ3n) is 3.99. The van der Waals surface area contributed by atoms with E-state index in [0.29, 0.717) is 0 Å². The van der Waals surface area contributed by atoms with Crippen LogP contribution < -0.4 is 5.32 Å². The van der Waals surface area contributed by atoms with Crippen LogP contribution in [0, 0.1) is 13.8 Å².